The van der Waals surface area contributed by atoms with Crippen molar-refractivity contribution in [3.63, 3.8) is 0 Å². The predicted molar refractivity (Wildman–Crippen MR) is 114 cm³/mol. The van der Waals surface area contributed by atoms with Crippen molar-refractivity contribution in [1.29, 1.82) is 0 Å². The molecular formula is C21H26ClN3OS. The van der Waals surface area contributed by atoms with E-state index in [0.717, 1.165) is 39.3 Å². The molecule has 0 unspecified atom stereocenters. The molecule has 2 atom stereocenters. The van der Waals surface area contributed by atoms with Gasteiger partial charge >= 0.3 is 0 Å². The zero-order chi connectivity index (χ0) is 19.7. The maximum Gasteiger partial charge on any atom is 0.264 e. The van der Waals surface area contributed by atoms with Gasteiger partial charge < -0.3 is 4.90 Å². The molecule has 1 amide bonds. The van der Waals surface area contributed by atoms with Gasteiger partial charge in [-0.15, -0.1) is 11.3 Å². The lowest BCUT2D eigenvalue weighted by Gasteiger charge is -2.33. The van der Waals surface area contributed by atoms with Crippen LogP contribution < -0.4 is 0 Å². The maximum absolute atomic E-state index is 13.3. The molecule has 0 aliphatic rings. The fourth-order valence-electron chi connectivity index (χ4n) is 3.27. The first-order chi connectivity index (χ1) is 12.9. The zero-order valence-electron chi connectivity index (χ0n) is 16.5. The van der Waals surface area contributed by atoms with E-state index in [9.17, 15) is 4.79 Å². The van der Waals surface area contributed by atoms with Crippen molar-refractivity contribution in [2.75, 3.05) is 0 Å². The van der Waals surface area contributed by atoms with Gasteiger partial charge in [0, 0.05) is 22.5 Å². The summed E-state index contributed by atoms with van der Waals surface area (Å²) in [7, 11) is 0. The molecule has 0 N–H and O–H groups in total. The van der Waals surface area contributed by atoms with Crippen LogP contribution in [-0.4, -0.2) is 32.7 Å². The number of aromatic nitrogens is 2. The molecule has 2 heterocycles. The van der Waals surface area contributed by atoms with E-state index in [1.807, 2.05) is 46.8 Å². The van der Waals surface area contributed by atoms with E-state index in [0.29, 0.717) is 5.02 Å². The van der Waals surface area contributed by atoms with Crippen LogP contribution in [0, 0.1) is 6.92 Å². The molecule has 0 saturated heterocycles. The van der Waals surface area contributed by atoms with Gasteiger partial charge in [0.2, 0.25) is 0 Å². The maximum atomic E-state index is 13.3. The summed E-state index contributed by atoms with van der Waals surface area (Å²) in [6, 6.07) is 10.0. The van der Waals surface area contributed by atoms with Crippen LogP contribution in [0.2, 0.25) is 5.02 Å². The number of halogens is 1. The number of carbonyl (C=O) groups is 1. The summed E-state index contributed by atoms with van der Waals surface area (Å²) >= 11 is 7.52. The van der Waals surface area contributed by atoms with Gasteiger partial charge in [0.15, 0.2) is 0 Å². The molecule has 0 fully saturated rings. The Morgan fingerprint density at radius 1 is 1.19 bits per heavy atom. The highest BCUT2D eigenvalue weighted by molar-refractivity contribution is 7.20. The van der Waals surface area contributed by atoms with Crippen molar-refractivity contribution in [3.8, 4) is 5.69 Å². The number of benzene rings is 1. The lowest BCUT2D eigenvalue weighted by molar-refractivity contribution is 0.0603. The molecular weight excluding hydrogens is 378 g/mol. The van der Waals surface area contributed by atoms with E-state index < -0.39 is 0 Å². The average molecular weight is 404 g/mol. The van der Waals surface area contributed by atoms with Gasteiger partial charge in [-0.3, -0.25) is 4.79 Å². The number of fused-ring (bicyclic) bond motifs is 1. The molecule has 0 aliphatic carbocycles. The fraction of sp³-hybridized carbons (Fsp3) is 0.429. The van der Waals surface area contributed by atoms with E-state index in [1.54, 1.807) is 0 Å². The van der Waals surface area contributed by atoms with E-state index in [1.165, 1.54) is 11.3 Å². The lowest BCUT2D eigenvalue weighted by Crippen LogP contribution is -2.44. The molecule has 0 radical (unpaired) electrons. The van der Waals surface area contributed by atoms with Crippen molar-refractivity contribution in [3.05, 3.63) is 45.9 Å². The Labute approximate surface area is 169 Å². The summed E-state index contributed by atoms with van der Waals surface area (Å²) in [6.07, 6.45) is 1.89. The first-order valence-corrected chi connectivity index (χ1v) is 10.6. The third-order valence-corrected chi connectivity index (χ3v) is 6.54. The SMILES string of the molecule is CC[C@H](C)N(C(=O)c1cc2c(C)nn(-c3ccc(Cl)cc3)c2s1)[C@@H](C)CC. The predicted octanol–water partition coefficient (Wildman–Crippen LogP) is 6.09. The van der Waals surface area contributed by atoms with Gasteiger partial charge in [0.05, 0.1) is 16.3 Å². The summed E-state index contributed by atoms with van der Waals surface area (Å²) in [5, 5.41) is 6.38. The zero-order valence-corrected chi connectivity index (χ0v) is 18.1. The van der Waals surface area contributed by atoms with Gasteiger partial charge in [-0.05, 0) is 63.9 Å². The van der Waals surface area contributed by atoms with Gasteiger partial charge in [-0.25, -0.2) is 4.68 Å². The Morgan fingerprint density at radius 2 is 1.78 bits per heavy atom. The van der Waals surface area contributed by atoms with E-state index in [4.69, 9.17) is 11.6 Å². The van der Waals surface area contributed by atoms with Crippen LogP contribution in [0.4, 0.5) is 0 Å². The number of nitrogens with zero attached hydrogens (tertiary/aromatic N) is 3. The Bertz CT molecular complexity index is 934. The van der Waals surface area contributed by atoms with Crippen LogP contribution >= 0.6 is 22.9 Å². The summed E-state index contributed by atoms with van der Waals surface area (Å²) in [5.41, 5.74) is 1.87. The van der Waals surface area contributed by atoms with Crippen LogP contribution in [0.25, 0.3) is 15.9 Å². The molecule has 0 aliphatic heterocycles. The van der Waals surface area contributed by atoms with Gasteiger partial charge in [0.25, 0.3) is 5.91 Å². The molecule has 3 rings (SSSR count). The molecule has 0 bridgehead atoms. The number of carbonyl (C=O) groups excluding carboxylic acids is 1. The van der Waals surface area contributed by atoms with E-state index in [-0.39, 0.29) is 18.0 Å². The van der Waals surface area contributed by atoms with Crippen LogP contribution in [-0.2, 0) is 0 Å². The van der Waals surface area contributed by atoms with Gasteiger partial charge in [0.1, 0.15) is 4.83 Å². The quantitative estimate of drug-likeness (QED) is 0.499. The minimum Gasteiger partial charge on any atom is -0.333 e. The fourth-order valence-corrected chi connectivity index (χ4v) is 4.52. The second kappa shape index (κ2) is 8.03. The van der Waals surface area contributed by atoms with Crippen LogP contribution in [0.15, 0.2) is 30.3 Å². The van der Waals surface area contributed by atoms with Crippen molar-refractivity contribution in [1.82, 2.24) is 14.7 Å². The minimum absolute atomic E-state index is 0.113. The minimum atomic E-state index is 0.113. The average Bonchev–Trinajstić information content (AvgIpc) is 3.23. The Kier molecular flexibility index (Phi) is 5.92. The summed E-state index contributed by atoms with van der Waals surface area (Å²) < 4.78 is 1.90. The Morgan fingerprint density at radius 3 is 2.33 bits per heavy atom. The molecule has 2 aromatic heterocycles. The van der Waals surface area contributed by atoms with E-state index >= 15 is 0 Å². The first-order valence-electron chi connectivity index (χ1n) is 9.45. The summed E-state index contributed by atoms with van der Waals surface area (Å²) in [6.45, 7) is 10.5. The number of aryl methyl sites for hydroxylation is 1. The highest BCUT2D eigenvalue weighted by atomic mass is 35.5. The van der Waals surface area contributed by atoms with Crippen molar-refractivity contribution in [2.45, 2.75) is 59.5 Å². The second-order valence-corrected chi connectivity index (χ2v) is 8.50. The highest BCUT2D eigenvalue weighted by Gasteiger charge is 2.27. The van der Waals surface area contributed by atoms with Crippen molar-refractivity contribution < 1.29 is 4.79 Å². The molecule has 3 aromatic rings. The number of hydrogen-bond donors (Lipinski definition) is 0. The standard InChI is InChI=1S/C21H26ClN3OS/c1-6-13(3)24(14(4)7-2)20(26)19-12-18-15(5)23-25(21(18)27-19)17-10-8-16(22)9-11-17/h8-14H,6-7H2,1-5H3/t13-,14-/m0/s1. The highest BCUT2D eigenvalue weighted by Crippen LogP contribution is 2.32. The van der Waals surface area contributed by atoms with Crippen LogP contribution in [0.5, 0.6) is 0 Å². The smallest absolute Gasteiger partial charge is 0.264 e. The summed E-state index contributed by atoms with van der Waals surface area (Å²) in [5.74, 6) is 0.113. The molecule has 1 aromatic carbocycles. The number of hydrogen-bond acceptors (Lipinski definition) is 3. The third-order valence-electron chi connectivity index (χ3n) is 5.19. The monoisotopic (exact) mass is 403 g/mol. The normalized spacial score (nSPS) is 13.7. The summed E-state index contributed by atoms with van der Waals surface area (Å²) in [4.78, 5) is 17.1. The Balaban J connectivity index is 2.05. The lowest BCUT2D eigenvalue weighted by atomic mass is 10.1. The van der Waals surface area contributed by atoms with Crippen LogP contribution in [0.1, 0.15) is 55.9 Å². The first kappa shape index (κ1) is 19.9. The van der Waals surface area contributed by atoms with Crippen molar-refractivity contribution >= 4 is 39.1 Å². The number of thiophene rings is 1. The number of rotatable bonds is 6. The molecule has 4 nitrogen and oxygen atoms in total. The molecule has 0 saturated carbocycles. The molecule has 27 heavy (non-hydrogen) atoms. The van der Waals surface area contributed by atoms with Crippen molar-refractivity contribution in [2.24, 2.45) is 0 Å². The van der Waals surface area contributed by atoms with Crippen LogP contribution in [0.3, 0.4) is 0 Å². The largest absolute Gasteiger partial charge is 0.333 e. The third kappa shape index (κ3) is 3.76. The molecule has 6 heteroatoms. The van der Waals surface area contributed by atoms with Gasteiger partial charge in [-0.2, -0.15) is 5.10 Å². The van der Waals surface area contributed by atoms with Gasteiger partial charge in [-0.1, -0.05) is 25.4 Å². The second-order valence-electron chi connectivity index (χ2n) is 7.03. The number of amides is 1. The van der Waals surface area contributed by atoms with E-state index in [2.05, 4.69) is 32.8 Å². The Hall–Kier alpha value is -1.85. The molecule has 0 spiro atoms. The topological polar surface area (TPSA) is 38.1 Å². The molecule has 144 valence electrons.